The maximum atomic E-state index is 11.4. The lowest BCUT2D eigenvalue weighted by Crippen LogP contribution is -2.41. The van der Waals surface area contributed by atoms with Gasteiger partial charge in [-0.3, -0.25) is 4.79 Å². The van der Waals surface area contributed by atoms with Crippen LogP contribution in [0.4, 0.5) is 0 Å². The zero-order valence-corrected chi connectivity index (χ0v) is 11.3. The van der Waals surface area contributed by atoms with Crippen molar-refractivity contribution < 1.29 is 9.90 Å². The monoisotopic (exact) mass is 262 g/mol. The second-order valence-corrected chi connectivity index (χ2v) is 6.12. The summed E-state index contributed by atoms with van der Waals surface area (Å²) in [4.78, 5) is 14.5. The van der Waals surface area contributed by atoms with Crippen LogP contribution >= 0.6 is 0 Å². The first-order valence-electron chi connectivity index (χ1n) is 7.22. The van der Waals surface area contributed by atoms with Gasteiger partial charge < -0.3 is 15.4 Å². The zero-order chi connectivity index (χ0) is 13.4. The molecular formula is C15H22N2O2. The highest BCUT2D eigenvalue weighted by atomic mass is 16.3. The van der Waals surface area contributed by atoms with Gasteiger partial charge in [0, 0.05) is 25.4 Å². The van der Waals surface area contributed by atoms with E-state index < -0.39 is 0 Å². The molecule has 4 nitrogen and oxygen atoms in total. The number of H-pyrrole nitrogens is 1. The number of fused-ring (bicyclic) bond motifs is 1. The smallest absolute Gasteiger partial charge is 0.217 e. The molecule has 1 heterocycles. The van der Waals surface area contributed by atoms with Gasteiger partial charge in [-0.15, -0.1) is 0 Å². The summed E-state index contributed by atoms with van der Waals surface area (Å²) in [6.45, 7) is 1.59. The maximum Gasteiger partial charge on any atom is 0.217 e. The van der Waals surface area contributed by atoms with Crippen LogP contribution in [0.25, 0.3) is 0 Å². The van der Waals surface area contributed by atoms with Crippen LogP contribution in [0.2, 0.25) is 0 Å². The molecule has 0 bridgehead atoms. The fraction of sp³-hybridized carbons (Fsp3) is 0.667. The number of aromatic amines is 1. The van der Waals surface area contributed by atoms with E-state index in [4.69, 9.17) is 0 Å². The molecule has 0 aromatic carbocycles. The van der Waals surface area contributed by atoms with Crippen molar-refractivity contribution in [2.45, 2.75) is 44.8 Å². The fourth-order valence-corrected chi connectivity index (χ4v) is 4.16. The minimum atomic E-state index is -0.169. The largest absolute Gasteiger partial charge is 0.393 e. The summed E-state index contributed by atoms with van der Waals surface area (Å²) in [6.07, 6.45) is 7.74. The van der Waals surface area contributed by atoms with Gasteiger partial charge in [-0.25, -0.2) is 0 Å². The molecule has 2 saturated carbocycles. The number of rotatable bonds is 3. The van der Waals surface area contributed by atoms with Crippen LogP contribution in [0.1, 0.15) is 31.7 Å². The van der Waals surface area contributed by atoms with Gasteiger partial charge in [0.1, 0.15) is 0 Å². The standard InChI is InChI=1S/C15H22N2O2/c1-9(18)17-15-11(6-10-4-5-16-8-10)7-13-12(15)2-3-14(13)19/h4-5,8,11-16,19H,2-3,6-7H2,1H3,(H,17,18)/t11-,12?,13?,14?,15+/m0/s1. The van der Waals surface area contributed by atoms with E-state index in [1.165, 1.54) is 5.56 Å². The fourth-order valence-electron chi connectivity index (χ4n) is 4.16. The molecule has 0 spiro atoms. The van der Waals surface area contributed by atoms with E-state index in [0.29, 0.717) is 17.8 Å². The van der Waals surface area contributed by atoms with Crippen LogP contribution in [0.5, 0.6) is 0 Å². The lowest BCUT2D eigenvalue weighted by molar-refractivity contribution is -0.120. The van der Waals surface area contributed by atoms with Crippen LogP contribution in [0.3, 0.4) is 0 Å². The van der Waals surface area contributed by atoms with Gasteiger partial charge in [0.2, 0.25) is 5.91 Å². The van der Waals surface area contributed by atoms with Crippen LogP contribution < -0.4 is 5.32 Å². The topological polar surface area (TPSA) is 65.1 Å². The van der Waals surface area contributed by atoms with Gasteiger partial charge in [0.05, 0.1) is 6.10 Å². The molecule has 0 aliphatic heterocycles. The average molecular weight is 262 g/mol. The Balaban J connectivity index is 1.76. The van der Waals surface area contributed by atoms with Crippen molar-refractivity contribution in [3.8, 4) is 0 Å². The number of nitrogens with one attached hydrogen (secondary N) is 2. The van der Waals surface area contributed by atoms with Gasteiger partial charge in [-0.2, -0.15) is 0 Å². The van der Waals surface area contributed by atoms with Crippen molar-refractivity contribution in [2.24, 2.45) is 17.8 Å². The molecule has 2 aliphatic carbocycles. The first-order valence-corrected chi connectivity index (χ1v) is 7.22. The lowest BCUT2D eigenvalue weighted by Gasteiger charge is -2.24. The van der Waals surface area contributed by atoms with E-state index in [9.17, 15) is 9.90 Å². The predicted octanol–water partition coefficient (Wildman–Crippen LogP) is 1.47. The molecule has 2 fully saturated rings. The Kier molecular flexibility index (Phi) is 3.35. The van der Waals surface area contributed by atoms with Gasteiger partial charge >= 0.3 is 0 Å². The van der Waals surface area contributed by atoms with Gasteiger partial charge in [0.15, 0.2) is 0 Å². The summed E-state index contributed by atoms with van der Waals surface area (Å²) in [7, 11) is 0. The molecule has 3 rings (SSSR count). The number of amides is 1. The minimum absolute atomic E-state index is 0.0473. The highest BCUT2D eigenvalue weighted by molar-refractivity contribution is 5.73. The zero-order valence-electron chi connectivity index (χ0n) is 11.3. The number of aliphatic hydroxyl groups is 1. The second kappa shape index (κ2) is 5.00. The van der Waals surface area contributed by atoms with E-state index in [1.54, 1.807) is 6.92 Å². The molecule has 0 saturated heterocycles. The Bertz CT molecular complexity index is 443. The summed E-state index contributed by atoms with van der Waals surface area (Å²) < 4.78 is 0. The molecule has 1 aromatic rings. The molecule has 3 N–H and O–H groups in total. The Morgan fingerprint density at radius 2 is 2.32 bits per heavy atom. The van der Waals surface area contributed by atoms with E-state index in [-0.39, 0.29) is 18.1 Å². The van der Waals surface area contributed by atoms with Crippen LogP contribution in [-0.4, -0.2) is 28.1 Å². The highest BCUT2D eigenvalue weighted by Gasteiger charge is 2.49. The second-order valence-electron chi connectivity index (χ2n) is 6.12. The van der Waals surface area contributed by atoms with E-state index in [1.807, 2.05) is 12.4 Å². The number of aliphatic hydroxyl groups excluding tert-OH is 1. The van der Waals surface area contributed by atoms with Crippen molar-refractivity contribution in [3.63, 3.8) is 0 Å². The number of hydrogen-bond donors (Lipinski definition) is 3. The molecule has 0 radical (unpaired) electrons. The predicted molar refractivity (Wildman–Crippen MR) is 72.4 cm³/mol. The Hall–Kier alpha value is -1.29. The molecule has 4 heteroatoms. The molecule has 104 valence electrons. The number of aromatic nitrogens is 1. The van der Waals surface area contributed by atoms with Crippen molar-refractivity contribution >= 4 is 5.91 Å². The molecule has 3 unspecified atom stereocenters. The quantitative estimate of drug-likeness (QED) is 0.772. The third-order valence-electron chi connectivity index (χ3n) is 4.91. The molecule has 5 atom stereocenters. The molecule has 2 aliphatic rings. The SMILES string of the molecule is CC(=O)N[C@H]1C2CCC(O)C2C[C@@H]1Cc1cc[nH]c1. The van der Waals surface area contributed by atoms with E-state index >= 15 is 0 Å². The lowest BCUT2D eigenvalue weighted by atomic mass is 9.91. The van der Waals surface area contributed by atoms with Gasteiger partial charge in [-0.05, 0) is 55.1 Å². The minimum Gasteiger partial charge on any atom is -0.393 e. The van der Waals surface area contributed by atoms with E-state index in [2.05, 4.69) is 16.4 Å². The number of carbonyl (C=O) groups is 1. The average Bonchev–Trinajstić information content (AvgIpc) is 3.03. The van der Waals surface area contributed by atoms with Crippen molar-refractivity contribution in [1.29, 1.82) is 0 Å². The number of hydrogen-bond acceptors (Lipinski definition) is 2. The van der Waals surface area contributed by atoms with Crippen molar-refractivity contribution in [1.82, 2.24) is 10.3 Å². The maximum absolute atomic E-state index is 11.4. The Labute approximate surface area is 113 Å². The van der Waals surface area contributed by atoms with Crippen LogP contribution in [-0.2, 0) is 11.2 Å². The molecular weight excluding hydrogens is 240 g/mol. The van der Waals surface area contributed by atoms with Crippen LogP contribution in [0, 0.1) is 17.8 Å². The molecule has 1 aromatic heterocycles. The third-order valence-corrected chi connectivity index (χ3v) is 4.91. The molecule has 19 heavy (non-hydrogen) atoms. The van der Waals surface area contributed by atoms with Crippen molar-refractivity contribution in [2.75, 3.05) is 0 Å². The van der Waals surface area contributed by atoms with Gasteiger partial charge in [0.25, 0.3) is 0 Å². The Morgan fingerprint density at radius 1 is 1.47 bits per heavy atom. The first kappa shape index (κ1) is 12.7. The summed E-state index contributed by atoms with van der Waals surface area (Å²) in [5.41, 5.74) is 1.29. The van der Waals surface area contributed by atoms with Crippen molar-refractivity contribution in [3.05, 3.63) is 24.0 Å². The third kappa shape index (κ3) is 2.41. The first-order chi connectivity index (χ1) is 9.15. The summed E-state index contributed by atoms with van der Waals surface area (Å²) in [5.74, 6) is 1.33. The molecule has 1 amide bonds. The Morgan fingerprint density at radius 3 is 3.00 bits per heavy atom. The normalized spacial score (nSPS) is 37.3. The summed E-state index contributed by atoms with van der Waals surface area (Å²) in [6, 6.07) is 2.32. The van der Waals surface area contributed by atoms with Crippen LogP contribution in [0.15, 0.2) is 18.5 Å². The summed E-state index contributed by atoms with van der Waals surface area (Å²) >= 11 is 0. The van der Waals surface area contributed by atoms with Gasteiger partial charge in [-0.1, -0.05) is 0 Å². The van der Waals surface area contributed by atoms with E-state index in [0.717, 1.165) is 25.7 Å². The number of carbonyl (C=O) groups excluding carboxylic acids is 1. The summed E-state index contributed by atoms with van der Waals surface area (Å²) in [5, 5.41) is 13.2. The highest BCUT2D eigenvalue weighted by Crippen LogP contribution is 2.48.